The third-order valence-corrected chi connectivity index (χ3v) is 4.64. The highest BCUT2D eigenvalue weighted by Gasteiger charge is 2.25. The number of carboxylic acid groups (broad SMARTS) is 1. The van der Waals surface area contributed by atoms with Crippen LogP contribution in [-0.2, 0) is 23.6 Å². The molecule has 0 saturated carbocycles. The van der Waals surface area contributed by atoms with E-state index in [1.165, 1.54) is 6.33 Å². The minimum Gasteiger partial charge on any atom is -0.475 e. The molecule has 108 valence electrons. The van der Waals surface area contributed by atoms with Crippen LogP contribution in [0.3, 0.4) is 0 Å². The number of furan rings is 1. The Balaban J connectivity index is 2.22. The first-order chi connectivity index (χ1) is 9.31. The Morgan fingerprint density at radius 1 is 1.60 bits per heavy atom. The molecule has 11 heteroatoms. The van der Waals surface area contributed by atoms with Crippen molar-refractivity contribution < 1.29 is 22.7 Å². The SMILES string of the molecule is Cn1cnnc1CNS(=O)(=O)c1cc(C(=O)O)oc1Br. The topological polar surface area (TPSA) is 127 Å². The summed E-state index contributed by atoms with van der Waals surface area (Å²) in [6, 6.07) is 0.922. The van der Waals surface area contributed by atoms with Crippen LogP contribution in [-0.4, -0.2) is 34.3 Å². The van der Waals surface area contributed by atoms with Crippen molar-refractivity contribution in [2.75, 3.05) is 0 Å². The highest BCUT2D eigenvalue weighted by atomic mass is 79.9. The minimum atomic E-state index is -3.93. The summed E-state index contributed by atoms with van der Waals surface area (Å²) in [6.07, 6.45) is 1.43. The van der Waals surface area contributed by atoms with E-state index in [0.717, 1.165) is 6.07 Å². The van der Waals surface area contributed by atoms with Gasteiger partial charge in [-0.3, -0.25) is 0 Å². The molecule has 2 rings (SSSR count). The van der Waals surface area contributed by atoms with Crippen molar-refractivity contribution in [3.8, 4) is 0 Å². The number of rotatable bonds is 5. The van der Waals surface area contributed by atoms with Crippen molar-refractivity contribution in [3.05, 3.63) is 28.6 Å². The molecule has 2 N–H and O–H groups in total. The smallest absolute Gasteiger partial charge is 0.371 e. The Bertz CT molecular complexity index is 750. The third kappa shape index (κ3) is 2.89. The lowest BCUT2D eigenvalue weighted by atomic mass is 10.5. The largest absolute Gasteiger partial charge is 0.475 e. The zero-order valence-corrected chi connectivity index (χ0v) is 12.5. The number of carboxylic acids is 1. The number of aromatic carboxylic acids is 1. The molecule has 2 heterocycles. The molecule has 0 unspecified atom stereocenters. The van der Waals surface area contributed by atoms with Crippen LogP contribution in [0.2, 0.25) is 0 Å². The second-order valence-electron chi connectivity index (χ2n) is 3.74. The van der Waals surface area contributed by atoms with E-state index in [4.69, 9.17) is 9.52 Å². The molecule has 0 aliphatic heterocycles. The fourth-order valence-electron chi connectivity index (χ4n) is 1.35. The van der Waals surface area contributed by atoms with E-state index in [1.54, 1.807) is 11.6 Å². The summed E-state index contributed by atoms with van der Waals surface area (Å²) < 4.78 is 32.5. The van der Waals surface area contributed by atoms with Gasteiger partial charge in [-0.1, -0.05) is 0 Å². The number of aryl methyl sites for hydroxylation is 1. The average molecular weight is 365 g/mol. The summed E-state index contributed by atoms with van der Waals surface area (Å²) in [5.41, 5.74) is 0. The van der Waals surface area contributed by atoms with Gasteiger partial charge in [0.05, 0.1) is 6.54 Å². The molecule has 0 bridgehead atoms. The summed E-state index contributed by atoms with van der Waals surface area (Å²) in [4.78, 5) is 10.4. The lowest BCUT2D eigenvalue weighted by molar-refractivity contribution is 0.0661. The molecule has 0 fully saturated rings. The molecule has 2 aromatic rings. The van der Waals surface area contributed by atoms with E-state index in [0.29, 0.717) is 5.82 Å². The number of aromatic nitrogens is 3. The van der Waals surface area contributed by atoms with Gasteiger partial charge in [-0.25, -0.2) is 17.9 Å². The molecule has 0 spiro atoms. The van der Waals surface area contributed by atoms with Crippen LogP contribution in [0, 0.1) is 0 Å². The number of nitrogens with one attached hydrogen (secondary N) is 1. The van der Waals surface area contributed by atoms with Gasteiger partial charge in [-0.15, -0.1) is 10.2 Å². The molecular weight excluding hydrogens is 356 g/mol. The summed E-state index contributed by atoms with van der Waals surface area (Å²) >= 11 is 2.87. The van der Waals surface area contributed by atoms with Gasteiger partial charge in [0.15, 0.2) is 4.67 Å². The first kappa shape index (κ1) is 14.7. The molecule has 9 nitrogen and oxygen atoms in total. The number of halogens is 1. The molecule has 0 aliphatic rings. The normalized spacial score (nSPS) is 11.7. The number of hydrogen-bond acceptors (Lipinski definition) is 6. The van der Waals surface area contributed by atoms with Crippen molar-refractivity contribution in [1.82, 2.24) is 19.5 Å². The predicted octanol–water partition coefficient (Wildman–Crippen LogP) is 0.347. The average Bonchev–Trinajstić information content (AvgIpc) is 2.93. The number of hydrogen-bond donors (Lipinski definition) is 2. The van der Waals surface area contributed by atoms with Crippen molar-refractivity contribution in [2.45, 2.75) is 11.4 Å². The van der Waals surface area contributed by atoms with E-state index in [2.05, 4.69) is 30.8 Å². The van der Waals surface area contributed by atoms with Crippen molar-refractivity contribution in [1.29, 1.82) is 0 Å². The van der Waals surface area contributed by atoms with Gasteiger partial charge < -0.3 is 14.1 Å². The molecule has 20 heavy (non-hydrogen) atoms. The Kier molecular flexibility index (Phi) is 3.92. The van der Waals surface area contributed by atoms with E-state index >= 15 is 0 Å². The maximum Gasteiger partial charge on any atom is 0.371 e. The fraction of sp³-hybridized carbons (Fsp3) is 0.222. The van der Waals surface area contributed by atoms with Crippen LogP contribution in [0.4, 0.5) is 0 Å². The van der Waals surface area contributed by atoms with Gasteiger partial charge in [0.1, 0.15) is 17.0 Å². The van der Waals surface area contributed by atoms with Gasteiger partial charge >= 0.3 is 5.97 Å². The minimum absolute atomic E-state index is 0.0845. The van der Waals surface area contributed by atoms with Crippen LogP contribution in [0.5, 0.6) is 0 Å². The number of sulfonamides is 1. The lowest BCUT2D eigenvalue weighted by Crippen LogP contribution is -2.24. The number of nitrogens with zero attached hydrogens (tertiary/aromatic N) is 3. The fourth-order valence-corrected chi connectivity index (χ4v) is 3.26. The zero-order chi connectivity index (χ0) is 14.9. The van der Waals surface area contributed by atoms with E-state index in [1.807, 2.05) is 0 Å². The predicted molar refractivity (Wildman–Crippen MR) is 68.4 cm³/mol. The van der Waals surface area contributed by atoms with E-state index in [-0.39, 0.29) is 16.1 Å². The standard InChI is InChI=1S/C9H9BrN4O5S/c1-14-4-11-13-7(14)3-12-20(17,18)6-2-5(9(15)16)19-8(6)10/h2,4,12H,3H2,1H3,(H,15,16). The maximum absolute atomic E-state index is 12.0. The summed E-state index contributed by atoms with van der Waals surface area (Å²) in [7, 11) is -2.26. The monoisotopic (exact) mass is 364 g/mol. The molecule has 2 aromatic heterocycles. The highest BCUT2D eigenvalue weighted by molar-refractivity contribution is 9.10. The highest BCUT2D eigenvalue weighted by Crippen LogP contribution is 2.26. The summed E-state index contributed by atoms with van der Waals surface area (Å²) in [5, 5.41) is 16.1. The van der Waals surface area contributed by atoms with E-state index < -0.39 is 21.8 Å². The van der Waals surface area contributed by atoms with Gasteiger partial charge in [0.2, 0.25) is 15.8 Å². The Morgan fingerprint density at radius 2 is 2.30 bits per heavy atom. The second kappa shape index (κ2) is 5.34. The number of carbonyl (C=O) groups is 1. The molecule has 0 saturated heterocycles. The van der Waals surface area contributed by atoms with Crippen LogP contribution >= 0.6 is 15.9 Å². The van der Waals surface area contributed by atoms with Gasteiger partial charge in [0, 0.05) is 13.1 Å². The van der Waals surface area contributed by atoms with Crippen LogP contribution in [0.15, 0.2) is 26.4 Å². The van der Waals surface area contributed by atoms with Crippen molar-refractivity contribution in [3.63, 3.8) is 0 Å². The summed E-state index contributed by atoms with van der Waals surface area (Å²) in [5.74, 6) is -1.43. The first-order valence-electron chi connectivity index (χ1n) is 5.16. The van der Waals surface area contributed by atoms with Crippen molar-refractivity contribution in [2.24, 2.45) is 7.05 Å². The maximum atomic E-state index is 12.0. The van der Waals surface area contributed by atoms with Gasteiger partial charge in [-0.2, -0.15) is 0 Å². The zero-order valence-electron chi connectivity index (χ0n) is 10.1. The Morgan fingerprint density at radius 3 is 2.80 bits per heavy atom. The summed E-state index contributed by atoms with van der Waals surface area (Å²) in [6.45, 7) is -0.0845. The quantitative estimate of drug-likeness (QED) is 0.782. The van der Waals surface area contributed by atoms with E-state index in [9.17, 15) is 13.2 Å². The molecule has 0 atom stereocenters. The molecule has 0 aliphatic carbocycles. The molecule has 0 aromatic carbocycles. The lowest BCUT2D eigenvalue weighted by Gasteiger charge is -2.04. The Labute approximate surface area is 121 Å². The second-order valence-corrected chi connectivity index (χ2v) is 6.19. The Hall–Kier alpha value is -1.72. The van der Waals surface area contributed by atoms with Crippen LogP contribution < -0.4 is 4.72 Å². The van der Waals surface area contributed by atoms with Crippen LogP contribution in [0.1, 0.15) is 16.4 Å². The van der Waals surface area contributed by atoms with Gasteiger partial charge in [0.25, 0.3) is 0 Å². The molecular formula is C9H9BrN4O5S. The molecule has 0 radical (unpaired) electrons. The van der Waals surface area contributed by atoms with Crippen LogP contribution in [0.25, 0.3) is 0 Å². The first-order valence-corrected chi connectivity index (χ1v) is 7.44. The van der Waals surface area contributed by atoms with Gasteiger partial charge in [-0.05, 0) is 15.9 Å². The third-order valence-electron chi connectivity index (χ3n) is 2.38. The molecule has 0 amide bonds. The van der Waals surface area contributed by atoms with Crippen molar-refractivity contribution >= 4 is 31.9 Å².